The van der Waals surface area contributed by atoms with E-state index in [0.29, 0.717) is 6.29 Å². The highest BCUT2D eigenvalue weighted by Gasteiger charge is 2.31. The van der Waals surface area contributed by atoms with E-state index in [-0.39, 0.29) is 12.6 Å². The van der Waals surface area contributed by atoms with E-state index < -0.39 is 12.7 Å². The molecule has 0 bridgehead atoms. The summed E-state index contributed by atoms with van der Waals surface area (Å²) in [6.07, 6.45) is -3.75. The zero-order valence-corrected chi connectivity index (χ0v) is 7.06. The molecule has 0 spiro atoms. The molecule has 0 saturated carbocycles. The summed E-state index contributed by atoms with van der Waals surface area (Å²) in [4.78, 5) is 11.1. The lowest BCUT2D eigenvalue weighted by atomic mass is 10.3. The standard InChI is InChI=1S/C7H12F3NO/c1-6(2)11(3-4-12)5-7(8,9)10/h4,6H,3,5H2,1-2H3. The number of hydrogen-bond donors (Lipinski definition) is 0. The molecule has 0 aliphatic heterocycles. The highest BCUT2D eigenvalue weighted by Crippen LogP contribution is 2.17. The number of nitrogens with zero attached hydrogens (tertiary/aromatic N) is 1. The number of carbonyl (C=O) groups is 1. The predicted molar refractivity (Wildman–Crippen MR) is 38.8 cm³/mol. The summed E-state index contributed by atoms with van der Waals surface area (Å²) < 4.78 is 35.5. The number of alkyl halides is 3. The quantitative estimate of drug-likeness (QED) is 0.615. The monoisotopic (exact) mass is 183 g/mol. The van der Waals surface area contributed by atoms with Crippen molar-refractivity contribution >= 4 is 6.29 Å². The van der Waals surface area contributed by atoms with Gasteiger partial charge in [-0.3, -0.25) is 4.90 Å². The molecule has 0 N–H and O–H groups in total. The molecule has 0 aromatic heterocycles. The summed E-state index contributed by atoms with van der Waals surface area (Å²) in [7, 11) is 0. The van der Waals surface area contributed by atoms with E-state index in [9.17, 15) is 18.0 Å². The minimum Gasteiger partial charge on any atom is -0.302 e. The van der Waals surface area contributed by atoms with Crippen molar-refractivity contribution in [1.82, 2.24) is 4.90 Å². The average Bonchev–Trinajstić information content (AvgIpc) is 1.83. The van der Waals surface area contributed by atoms with E-state index in [1.807, 2.05) is 0 Å². The summed E-state index contributed by atoms with van der Waals surface area (Å²) in [6, 6.07) is -0.267. The second-order valence-corrected chi connectivity index (χ2v) is 2.81. The van der Waals surface area contributed by atoms with Crippen LogP contribution in [0.3, 0.4) is 0 Å². The molecule has 0 unspecified atom stereocenters. The third-order valence-corrected chi connectivity index (χ3v) is 1.42. The maximum absolute atomic E-state index is 11.8. The molecule has 0 rings (SSSR count). The van der Waals surface area contributed by atoms with Crippen molar-refractivity contribution in [2.24, 2.45) is 0 Å². The van der Waals surface area contributed by atoms with Crippen LogP contribution in [0.25, 0.3) is 0 Å². The molecule has 0 heterocycles. The van der Waals surface area contributed by atoms with Gasteiger partial charge in [-0.15, -0.1) is 0 Å². The summed E-state index contributed by atoms with van der Waals surface area (Å²) in [5.41, 5.74) is 0. The van der Waals surface area contributed by atoms with Gasteiger partial charge in [-0.05, 0) is 13.8 Å². The van der Waals surface area contributed by atoms with Crippen molar-refractivity contribution in [2.45, 2.75) is 26.1 Å². The molecule has 0 aromatic carbocycles. The first-order valence-electron chi connectivity index (χ1n) is 3.61. The molecular formula is C7H12F3NO. The Kier molecular flexibility index (Phi) is 4.23. The minimum atomic E-state index is -4.23. The van der Waals surface area contributed by atoms with Gasteiger partial charge < -0.3 is 4.79 Å². The lowest BCUT2D eigenvalue weighted by Gasteiger charge is -2.24. The Labute approximate surface area is 69.3 Å². The van der Waals surface area contributed by atoms with Crippen molar-refractivity contribution < 1.29 is 18.0 Å². The third kappa shape index (κ3) is 5.12. The first-order chi connectivity index (χ1) is 5.37. The Morgan fingerprint density at radius 3 is 2.17 bits per heavy atom. The fraction of sp³-hybridized carbons (Fsp3) is 0.857. The maximum Gasteiger partial charge on any atom is 0.401 e. The first kappa shape index (κ1) is 11.4. The van der Waals surface area contributed by atoms with Gasteiger partial charge in [-0.1, -0.05) is 0 Å². The van der Waals surface area contributed by atoms with Gasteiger partial charge in [-0.25, -0.2) is 0 Å². The Bertz CT molecular complexity index is 144. The third-order valence-electron chi connectivity index (χ3n) is 1.42. The molecule has 0 aromatic rings. The average molecular weight is 183 g/mol. The van der Waals surface area contributed by atoms with Crippen molar-refractivity contribution in [1.29, 1.82) is 0 Å². The van der Waals surface area contributed by atoms with Crippen molar-refractivity contribution in [2.75, 3.05) is 13.1 Å². The van der Waals surface area contributed by atoms with Crippen LogP contribution in [0.5, 0.6) is 0 Å². The Morgan fingerprint density at radius 2 is 1.92 bits per heavy atom. The Hall–Kier alpha value is -0.580. The van der Waals surface area contributed by atoms with Crippen LogP contribution in [0.1, 0.15) is 13.8 Å². The Balaban J connectivity index is 4.04. The van der Waals surface area contributed by atoms with E-state index >= 15 is 0 Å². The molecule has 0 saturated heterocycles. The summed E-state index contributed by atoms with van der Waals surface area (Å²) in [5, 5.41) is 0. The lowest BCUT2D eigenvalue weighted by molar-refractivity contribution is -0.150. The van der Waals surface area contributed by atoms with Crippen LogP contribution in [-0.2, 0) is 4.79 Å². The minimum absolute atomic E-state index is 0.169. The van der Waals surface area contributed by atoms with Gasteiger partial charge >= 0.3 is 6.18 Å². The van der Waals surface area contributed by atoms with E-state index in [2.05, 4.69) is 0 Å². The molecule has 0 aliphatic rings. The zero-order chi connectivity index (χ0) is 9.78. The molecule has 5 heteroatoms. The maximum atomic E-state index is 11.8. The SMILES string of the molecule is CC(C)N(CC=O)CC(F)(F)F. The summed E-state index contributed by atoms with van der Waals surface area (Å²) >= 11 is 0. The molecule has 0 amide bonds. The van der Waals surface area contributed by atoms with Gasteiger partial charge in [0, 0.05) is 6.04 Å². The zero-order valence-electron chi connectivity index (χ0n) is 7.06. The molecule has 12 heavy (non-hydrogen) atoms. The topological polar surface area (TPSA) is 20.3 Å². The van der Waals surface area contributed by atoms with Crippen LogP contribution in [0, 0.1) is 0 Å². The first-order valence-corrected chi connectivity index (χ1v) is 3.61. The number of carbonyl (C=O) groups excluding carboxylic acids is 1. The predicted octanol–water partition coefficient (Wildman–Crippen LogP) is 1.46. The van der Waals surface area contributed by atoms with Gasteiger partial charge in [0.25, 0.3) is 0 Å². The largest absolute Gasteiger partial charge is 0.401 e. The second kappa shape index (κ2) is 4.45. The van der Waals surface area contributed by atoms with Gasteiger partial charge in [0.15, 0.2) is 0 Å². The van der Waals surface area contributed by atoms with Crippen LogP contribution in [0.4, 0.5) is 13.2 Å². The highest BCUT2D eigenvalue weighted by molar-refractivity contribution is 5.52. The molecule has 2 nitrogen and oxygen atoms in total. The van der Waals surface area contributed by atoms with Crippen molar-refractivity contribution in [3.8, 4) is 0 Å². The number of rotatable bonds is 4. The van der Waals surface area contributed by atoms with Gasteiger partial charge in [-0.2, -0.15) is 13.2 Å². The van der Waals surface area contributed by atoms with E-state index in [4.69, 9.17) is 0 Å². The van der Waals surface area contributed by atoms with Gasteiger partial charge in [0.2, 0.25) is 0 Å². The molecule has 0 atom stereocenters. The fourth-order valence-corrected chi connectivity index (χ4v) is 0.784. The number of hydrogen-bond acceptors (Lipinski definition) is 2. The molecule has 0 radical (unpaired) electrons. The van der Waals surface area contributed by atoms with E-state index in [0.717, 1.165) is 4.90 Å². The van der Waals surface area contributed by atoms with Crippen LogP contribution in [0.15, 0.2) is 0 Å². The van der Waals surface area contributed by atoms with Crippen LogP contribution >= 0.6 is 0 Å². The van der Waals surface area contributed by atoms with Crippen LogP contribution < -0.4 is 0 Å². The van der Waals surface area contributed by atoms with Crippen molar-refractivity contribution in [3.63, 3.8) is 0 Å². The van der Waals surface area contributed by atoms with Gasteiger partial charge in [0.05, 0.1) is 13.1 Å². The second-order valence-electron chi connectivity index (χ2n) is 2.81. The fourth-order valence-electron chi connectivity index (χ4n) is 0.784. The highest BCUT2D eigenvalue weighted by atomic mass is 19.4. The molecule has 0 fully saturated rings. The molecule has 72 valence electrons. The number of aldehydes is 1. The Morgan fingerprint density at radius 1 is 1.42 bits per heavy atom. The van der Waals surface area contributed by atoms with Gasteiger partial charge in [0.1, 0.15) is 6.29 Å². The molecule has 0 aliphatic carbocycles. The van der Waals surface area contributed by atoms with Crippen molar-refractivity contribution in [3.05, 3.63) is 0 Å². The summed E-state index contributed by atoms with van der Waals surface area (Å²) in [5.74, 6) is 0. The van der Waals surface area contributed by atoms with E-state index in [1.165, 1.54) is 0 Å². The van der Waals surface area contributed by atoms with E-state index in [1.54, 1.807) is 13.8 Å². The molecular weight excluding hydrogens is 171 g/mol. The van der Waals surface area contributed by atoms with Crippen LogP contribution in [0.2, 0.25) is 0 Å². The number of halogens is 3. The summed E-state index contributed by atoms with van der Waals surface area (Å²) in [6.45, 7) is 2.05. The smallest absolute Gasteiger partial charge is 0.302 e. The van der Waals surface area contributed by atoms with Crippen LogP contribution in [-0.4, -0.2) is 36.5 Å². The normalized spacial score (nSPS) is 12.6. The lowest BCUT2D eigenvalue weighted by Crippen LogP contribution is -2.40.